The molecular formula is C5H8ClN3OS. The molecule has 0 saturated carbocycles. The molecule has 0 aromatic carbocycles. The van der Waals surface area contributed by atoms with Crippen molar-refractivity contribution in [3.8, 4) is 5.19 Å². The number of hydrogen-bond donors (Lipinski definition) is 2. The molecule has 1 aromatic rings. The maximum Gasteiger partial charge on any atom is 0.274 e. The molecule has 1 aromatic heterocycles. The van der Waals surface area contributed by atoms with Gasteiger partial charge in [-0.3, -0.25) is 11.3 Å². The normalized spacial score (nSPS) is 10.1. The minimum Gasteiger partial charge on any atom is -0.473 e. The van der Waals surface area contributed by atoms with E-state index in [0.29, 0.717) is 16.9 Å². The molecule has 11 heavy (non-hydrogen) atoms. The Morgan fingerprint density at radius 1 is 1.82 bits per heavy atom. The van der Waals surface area contributed by atoms with Crippen molar-refractivity contribution in [2.24, 2.45) is 5.84 Å². The van der Waals surface area contributed by atoms with Gasteiger partial charge in [0, 0.05) is 6.54 Å². The third-order valence-corrected chi connectivity index (χ3v) is 2.51. The molecule has 4 nitrogen and oxygen atoms in total. The van der Waals surface area contributed by atoms with E-state index in [1.54, 1.807) is 7.11 Å². The first-order valence-electron chi connectivity index (χ1n) is 2.90. The highest BCUT2D eigenvalue weighted by Gasteiger charge is 2.07. The van der Waals surface area contributed by atoms with Gasteiger partial charge in [-0.2, -0.15) is 4.98 Å². The molecule has 0 atom stereocenters. The van der Waals surface area contributed by atoms with Gasteiger partial charge in [0.2, 0.25) is 0 Å². The Kier molecular flexibility index (Phi) is 3.07. The number of thiazole rings is 1. The summed E-state index contributed by atoms with van der Waals surface area (Å²) in [4.78, 5) is 4.79. The minimum absolute atomic E-state index is 0.449. The van der Waals surface area contributed by atoms with E-state index in [0.717, 1.165) is 4.88 Å². The molecule has 3 N–H and O–H groups in total. The van der Waals surface area contributed by atoms with E-state index in [2.05, 4.69) is 10.4 Å². The fraction of sp³-hybridized carbons (Fsp3) is 0.400. The first-order chi connectivity index (χ1) is 5.27. The molecule has 0 bridgehead atoms. The summed E-state index contributed by atoms with van der Waals surface area (Å²) in [6.07, 6.45) is 0. The largest absolute Gasteiger partial charge is 0.473 e. The van der Waals surface area contributed by atoms with Crippen LogP contribution in [-0.4, -0.2) is 12.1 Å². The number of rotatable bonds is 3. The van der Waals surface area contributed by atoms with Crippen molar-refractivity contribution < 1.29 is 4.74 Å². The maximum absolute atomic E-state index is 5.73. The number of nitrogens with two attached hydrogens (primary N) is 1. The summed E-state index contributed by atoms with van der Waals surface area (Å²) in [5.74, 6) is 5.11. The lowest BCUT2D eigenvalue weighted by Gasteiger charge is -1.91. The van der Waals surface area contributed by atoms with Gasteiger partial charge in [-0.05, 0) is 0 Å². The fourth-order valence-electron chi connectivity index (χ4n) is 0.602. The molecule has 1 rings (SSSR count). The monoisotopic (exact) mass is 193 g/mol. The average Bonchev–Trinajstić information content (AvgIpc) is 2.33. The van der Waals surface area contributed by atoms with Crippen LogP contribution in [-0.2, 0) is 6.54 Å². The summed E-state index contributed by atoms with van der Waals surface area (Å²) in [7, 11) is 1.55. The van der Waals surface area contributed by atoms with Gasteiger partial charge >= 0.3 is 0 Å². The van der Waals surface area contributed by atoms with Crippen LogP contribution < -0.4 is 16.0 Å². The van der Waals surface area contributed by atoms with Crippen LogP contribution in [0.4, 0.5) is 0 Å². The summed E-state index contributed by atoms with van der Waals surface area (Å²) in [6.45, 7) is 0.514. The van der Waals surface area contributed by atoms with Crippen molar-refractivity contribution >= 4 is 22.9 Å². The summed E-state index contributed by atoms with van der Waals surface area (Å²) in [5.41, 5.74) is 2.49. The van der Waals surface area contributed by atoms with Gasteiger partial charge in [0.05, 0.1) is 12.0 Å². The number of methoxy groups -OCH3 is 1. The van der Waals surface area contributed by atoms with E-state index in [1.807, 2.05) is 0 Å². The number of ether oxygens (including phenoxy) is 1. The zero-order chi connectivity index (χ0) is 8.27. The summed E-state index contributed by atoms with van der Waals surface area (Å²) in [5, 5.41) is 1.00. The Morgan fingerprint density at radius 3 is 3.00 bits per heavy atom. The fourth-order valence-corrected chi connectivity index (χ4v) is 1.63. The number of hydrogen-bond acceptors (Lipinski definition) is 5. The molecule has 6 heteroatoms. The van der Waals surface area contributed by atoms with Crippen LogP contribution in [0.1, 0.15) is 4.88 Å². The zero-order valence-electron chi connectivity index (χ0n) is 5.93. The van der Waals surface area contributed by atoms with Crippen molar-refractivity contribution in [3.05, 3.63) is 10.0 Å². The van der Waals surface area contributed by atoms with E-state index in [1.165, 1.54) is 11.3 Å². The third kappa shape index (κ3) is 2.03. The lowest BCUT2D eigenvalue weighted by molar-refractivity contribution is 0.412. The molecule has 0 amide bonds. The van der Waals surface area contributed by atoms with E-state index < -0.39 is 0 Å². The second-order valence-corrected chi connectivity index (χ2v) is 3.18. The Balaban J connectivity index is 2.79. The molecule has 0 unspecified atom stereocenters. The van der Waals surface area contributed by atoms with Gasteiger partial charge in [-0.1, -0.05) is 22.9 Å². The van der Waals surface area contributed by atoms with Crippen molar-refractivity contribution in [1.82, 2.24) is 10.4 Å². The Labute approximate surface area is 73.3 Å². The maximum atomic E-state index is 5.73. The van der Waals surface area contributed by atoms with Crippen LogP contribution in [0.2, 0.25) is 5.15 Å². The van der Waals surface area contributed by atoms with Crippen molar-refractivity contribution in [3.63, 3.8) is 0 Å². The van der Waals surface area contributed by atoms with E-state index in [4.69, 9.17) is 22.2 Å². The molecule has 1 heterocycles. The molecule has 0 aliphatic heterocycles. The van der Waals surface area contributed by atoms with E-state index >= 15 is 0 Å². The highest BCUT2D eigenvalue weighted by molar-refractivity contribution is 7.13. The molecular weight excluding hydrogens is 186 g/mol. The van der Waals surface area contributed by atoms with Gasteiger partial charge < -0.3 is 4.74 Å². The zero-order valence-corrected chi connectivity index (χ0v) is 7.50. The minimum atomic E-state index is 0.449. The van der Waals surface area contributed by atoms with Crippen LogP contribution in [0.5, 0.6) is 5.19 Å². The molecule has 0 aliphatic carbocycles. The predicted molar refractivity (Wildman–Crippen MR) is 44.7 cm³/mol. The van der Waals surface area contributed by atoms with Crippen LogP contribution in [0, 0.1) is 0 Å². The van der Waals surface area contributed by atoms with Gasteiger partial charge in [0.1, 0.15) is 5.15 Å². The van der Waals surface area contributed by atoms with Crippen molar-refractivity contribution in [2.75, 3.05) is 7.11 Å². The van der Waals surface area contributed by atoms with Crippen molar-refractivity contribution in [1.29, 1.82) is 0 Å². The molecule has 0 saturated heterocycles. The second kappa shape index (κ2) is 3.87. The van der Waals surface area contributed by atoms with Crippen LogP contribution >= 0.6 is 22.9 Å². The Morgan fingerprint density at radius 2 is 2.55 bits per heavy atom. The van der Waals surface area contributed by atoms with Crippen molar-refractivity contribution in [2.45, 2.75) is 6.54 Å². The van der Waals surface area contributed by atoms with Gasteiger partial charge in [-0.15, -0.1) is 0 Å². The standard InChI is InChI=1S/C5H8ClN3OS/c1-10-5-9-4(6)3(11-5)2-8-7/h8H,2,7H2,1H3. The smallest absolute Gasteiger partial charge is 0.274 e. The number of nitrogens with zero attached hydrogens (tertiary/aromatic N) is 1. The van der Waals surface area contributed by atoms with E-state index in [-0.39, 0.29) is 0 Å². The number of aromatic nitrogens is 1. The highest BCUT2D eigenvalue weighted by atomic mass is 35.5. The van der Waals surface area contributed by atoms with Gasteiger partial charge in [-0.25, -0.2) is 0 Å². The SMILES string of the molecule is COc1nc(Cl)c(CNN)s1. The Bertz CT molecular complexity index is 240. The van der Waals surface area contributed by atoms with Crippen LogP contribution in [0.25, 0.3) is 0 Å². The second-order valence-electron chi connectivity index (χ2n) is 1.78. The van der Waals surface area contributed by atoms with Gasteiger partial charge in [0.25, 0.3) is 5.19 Å². The molecule has 0 radical (unpaired) electrons. The first-order valence-corrected chi connectivity index (χ1v) is 4.10. The topological polar surface area (TPSA) is 60.2 Å². The summed E-state index contributed by atoms with van der Waals surface area (Å²) >= 11 is 7.10. The molecule has 0 spiro atoms. The first kappa shape index (κ1) is 8.73. The molecule has 0 fully saturated rings. The molecule has 0 aliphatic rings. The predicted octanol–water partition coefficient (Wildman–Crippen LogP) is 0.768. The van der Waals surface area contributed by atoms with Crippen LogP contribution in [0.3, 0.4) is 0 Å². The lowest BCUT2D eigenvalue weighted by atomic mass is 10.6. The van der Waals surface area contributed by atoms with Gasteiger partial charge in [0.15, 0.2) is 0 Å². The van der Waals surface area contributed by atoms with E-state index in [9.17, 15) is 0 Å². The highest BCUT2D eigenvalue weighted by Crippen LogP contribution is 2.27. The number of halogens is 1. The Hall–Kier alpha value is -0.360. The summed E-state index contributed by atoms with van der Waals surface area (Å²) in [6, 6.07) is 0. The molecule has 62 valence electrons. The third-order valence-electron chi connectivity index (χ3n) is 1.07. The number of nitrogens with one attached hydrogen (secondary N) is 1. The average molecular weight is 194 g/mol. The number of hydrazine groups is 1. The van der Waals surface area contributed by atoms with Crippen LogP contribution in [0.15, 0.2) is 0 Å². The quantitative estimate of drug-likeness (QED) is 0.550. The summed E-state index contributed by atoms with van der Waals surface area (Å²) < 4.78 is 4.88. The lowest BCUT2D eigenvalue weighted by Crippen LogP contribution is -2.20.